The van der Waals surface area contributed by atoms with Crippen LogP contribution < -0.4 is 5.32 Å². The Morgan fingerprint density at radius 2 is 2.50 bits per heavy atom. The summed E-state index contributed by atoms with van der Waals surface area (Å²) in [6, 6.07) is 4.74. The molecule has 0 amide bonds. The molecule has 0 radical (unpaired) electrons. The van der Waals surface area contributed by atoms with Gasteiger partial charge in [0.2, 0.25) is 0 Å². The molecule has 1 aliphatic rings. The quantitative estimate of drug-likeness (QED) is 0.821. The van der Waals surface area contributed by atoms with Crippen molar-refractivity contribution in [3.63, 3.8) is 0 Å². The minimum Gasteiger partial charge on any atom is -0.496 e. The largest absolute Gasteiger partial charge is 0.496 e. The number of hydrogen-bond donors (Lipinski definition) is 1. The fourth-order valence-electron chi connectivity index (χ4n) is 2.04. The molecule has 2 rings (SSSR count). The first-order chi connectivity index (χ1) is 7.90. The van der Waals surface area contributed by atoms with E-state index in [1.54, 1.807) is 0 Å². The van der Waals surface area contributed by atoms with E-state index in [-0.39, 0.29) is 0 Å². The van der Waals surface area contributed by atoms with Gasteiger partial charge in [0.1, 0.15) is 5.76 Å². The molecule has 2 heterocycles. The lowest BCUT2D eigenvalue weighted by molar-refractivity contribution is 0.213. The van der Waals surface area contributed by atoms with Gasteiger partial charge in [-0.3, -0.25) is 0 Å². The number of aryl methyl sites for hydroxylation is 1. The van der Waals surface area contributed by atoms with Gasteiger partial charge in [0.25, 0.3) is 0 Å². The second kappa shape index (κ2) is 6.06. The van der Waals surface area contributed by atoms with E-state index in [1.165, 1.54) is 17.7 Å². The highest BCUT2D eigenvalue weighted by atomic mass is 32.1. The van der Waals surface area contributed by atoms with Crippen LogP contribution in [0.3, 0.4) is 0 Å². The van der Waals surface area contributed by atoms with Crippen molar-refractivity contribution in [2.24, 2.45) is 0 Å². The molecule has 0 saturated heterocycles. The fraction of sp³-hybridized carbons (Fsp3) is 0.538. The summed E-state index contributed by atoms with van der Waals surface area (Å²) >= 11 is 1.85. The van der Waals surface area contributed by atoms with Crippen molar-refractivity contribution in [3.8, 4) is 0 Å². The Morgan fingerprint density at radius 1 is 1.56 bits per heavy atom. The Hall–Kier alpha value is -0.800. The van der Waals surface area contributed by atoms with Gasteiger partial charge in [0.15, 0.2) is 0 Å². The first-order valence-corrected chi connectivity index (χ1v) is 6.80. The normalized spacial score (nSPS) is 16.9. The zero-order valence-corrected chi connectivity index (χ0v) is 10.6. The lowest BCUT2D eigenvalue weighted by Gasteiger charge is -2.17. The molecular weight excluding hydrogens is 218 g/mol. The van der Waals surface area contributed by atoms with Crippen molar-refractivity contribution in [3.05, 3.63) is 34.2 Å². The van der Waals surface area contributed by atoms with Gasteiger partial charge in [0, 0.05) is 11.3 Å². The highest BCUT2D eigenvalue weighted by Crippen LogP contribution is 2.19. The van der Waals surface area contributed by atoms with Gasteiger partial charge in [-0.2, -0.15) is 0 Å². The van der Waals surface area contributed by atoms with Gasteiger partial charge in [-0.25, -0.2) is 0 Å². The lowest BCUT2D eigenvalue weighted by atomic mass is 10.1. The third-order valence-electron chi connectivity index (χ3n) is 2.92. The Balaban J connectivity index is 1.75. The Labute approximate surface area is 101 Å². The second-order valence-corrected chi connectivity index (χ2v) is 5.09. The van der Waals surface area contributed by atoms with E-state index in [4.69, 9.17) is 4.74 Å². The molecule has 88 valence electrons. The van der Waals surface area contributed by atoms with E-state index in [2.05, 4.69) is 28.9 Å². The molecule has 0 aliphatic carbocycles. The Kier molecular flexibility index (Phi) is 4.43. The molecule has 0 spiro atoms. The van der Waals surface area contributed by atoms with Crippen molar-refractivity contribution in [2.45, 2.75) is 31.7 Å². The van der Waals surface area contributed by atoms with Crippen LogP contribution in [-0.2, 0) is 11.2 Å². The fourth-order valence-corrected chi connectivity index (χ4v) is 2.80. The minimum absolute atomic E-state index is 0.405. The van der Waals surface area contributed by atoms with Crippen LogP contribution in [0, 0.1) is 0 Å². The first-order valence-electron chi connectivity index (χ1n) is 5.92. The van der Waals surface area contributed by atoms with Crippen molar-refractivity contribution in [1.82, 2.24) is 5.32 Å². The maximum atomic E-state index is 5.59. The highest BCUT2D eigenvalue weighted by Gasteiger charge is 2.16. The summed E-state index contributed by atoms with van der Waals surface area (Å²) < 4.78 is 5.59. The molecule has 16 heavy (non-hydrogen) atoms. The van der Waals surface area contributed by atoms with E-state index >= 15 is 0 Å². The van der Waals surface area contributed by atoms with E-state index in [9.17, 15) is 0 Å². The first kappa shape index (κ1) is 11.7. The van der Waals surface area contributed by atoms with Crippen LogP contribution in [0.15, 0.2) is 29.3 Å². The number of likely N-dealkylation sites (N-methyl/N-ethyl adjacent to an activating group) is 1. The smallest absolute Gasteiger partial charge is 0.109 e. The summed E-state index contributed by atoms with van der Waals surface area (Å²) in [7, 11) is 2.01. The Morgan fingerprint density at radius 3 is 3.12 bits per heavy atom. The number of ether oxygens (including phenoxy) is 1. The van der Waals surface area contributed by atoms with E-state index in [1.807, 2.05) is 18.4 Å². The minimum atomic E-state index is 0.405. The summed E-state index contributed by atoms with van der Waals surface area (Å²) in [5, 5.41) is 5.48. The van der Waals surface area contributed by atoms with Gasteiger partial charge >= 0.3 is 0 Å². The van der Waals surface area contributed by atoms with E-state index < -0.39 is 0 Å². The molecule has 1 unspecified atom stereocenters. The number of rotatable bonds is 6. The van der Waals surface area contributed by atoms with Crippen molar-refractivity contribution < 1.29 is 4.74 Å². The predicted octanol–water partition coefficient (Wildman–Crippen LogP) is 2.96. The zero-order valence-electron chi connectivity index (χ0n) is 9.74. The molecule has 1 aromatic heterocycles. The van der Waals surface area contributed by atoms with Crippen LogP contribution in [0.1, 0.15) is 24.1 Å². The third kappa shape index (κ3) is 3.09. The molecule has 0 aromatic carbocycles. The van der Waals surface area contributed by atoms with Crippen LogP contribution in [0.5, 0.6) is 0 Å². The molecular formula is C13H19NOS. The second-order valence-electron chi connectivity index (χ2n) is 4.06. The number of thiophene rings is 1. The average Bonchev–Trinajstić information content (AvgIpc) is 2.96. The van der Waals surface area contributed by atoms with Crippen LogP contribution in [0.2, 0.25) is 0 Å². The van der Waals surface area contributed by atoms with Gasteiger partial charge in [-0.05, 0) is 43.8 Å². The maximum Gasteiger partial charge on any atom is 0.109 e. The van der Waals surface area contributed by atoms with E-state index in [0.717, 1.165) is 25.2 Å². The Bertz CT molecular complexity index is 332. The van der Waals surface area contributed by atoms with Crippen molar-refractivity contribution in [2.75, 3.05) is 13.7 Å². The molecule has 1 atom stereocenters. The van der Waals surface area contributed by atoms with Gasteiger partial charge < -0.3 is 10.1 Å². The topological polar surface area (TPSA) is 21.3 Å². The molecule has 0 saturated carbocycles. The molecule has 1 N–H and O–H groups in total. The third-order valence-corrected chi connectivity index (χ3v) is 3.86. The van der Waals surface area contributed by atoms with Crippen molar-refractivity contribution >= 4 is 11.3 Å². The highest BCUT2D eigenvalue weighted by molar-refractivity contribution is 7.09. The lowest BCUT2D eigenvalue weighted by Crippen LogP contribution is -2.27. The summed E-state index contributed by atoms with van der Waals surface area (Å²) in [5.74, 6) is 1.15. The monoisotopic (exact) mass is 237 g/mol. The molecule has 2 nitrogen and oxygen atoms in total. The summed E-state index contributed by atoms with van der Waals surface area (Å²) in [4.78, 5) is 1.48. The van der Waals surface area contributed by atoms with Crippen LogP contribution in [0.4, 0.5) is 0 Å². The predicted molar refractivity (Wildman–Crippen MR) is 68.8 cm³/mol. The zero-order chi connectivity index (χ0) is 11.2. The van der Waals surface area contributed by atoms with E-state index in [0.29, 0.717) is 6.04 Å². The van der Waals surface area contributed by atoms with Crippen molar-refractivity contribution in [1.29, 1.82) is 0 Å². The summed E-state index contributed by atoms with van der Waals surface area (Å²) in [6.45, 7) is 0.860. The summed E-state index contributed by atoms with van der Waals surface area (Å²) in [6.07, 6.45) is 6.83. The SMILES string of the molecule is CNC(CCCc1cccs1)C1=CCCO1. The molecule has 0 fully saturated rings. The summed E-state index contributed by atoms with van der Waals surface area (Å²) in [5.41, 5.74) is 0. The number of nitrogens with one attached hydrogen (secondary N) is 1. The van der Waals surface area contributed by atoms with Crippen LogP contribution >= 0.6 is 11.3 Å². The van der Waals surface area contributed by atoms with Crippen LogP contribution in [0.25, 0.3) is 0 Å². The van der Waals surface area contributed by atoms with Gasteiger partial charge in [0.05, 0.1) is 12.6 Å². The standard InChI is InChI=1S/C13H19NOS/c1-14-12(13-8-3-9-15-13)7-2-5-11-6-4-10-16-11/h4,6,8,10,12,14H,2-3,5,7,9H2,1H3. The molecule has 1 aromatic rings. The maximum absolute atomic E-state index is 5.59. The number of hydrogen-bond acceptors (Lipinski definition) is 3. The van der Waals surface area contributed by atoms with Crippen LogP contribution in [-0.4, -0.2) is 19.7 Å². The molecule has 0 bridgehead atoms. The van der Waals surface area contributed by atoms with Gasteiger partial charge in [-0.1, -0.05) is 6.07 Å². The average molecular weight is 237 g/mol. The van der Waals surface area contributed by atoms with Gasteiger partial charge in [-0.15, -0.1) is 11.3 Å². The molecule has 1 aliphatic heterocycles. The molecule has 3 heteroatoms.